The zero-order valence-electron chi connectivity index (χ0n) is 11.5. The Labute approximate surface area is 109 Å². The standard InChI is InChI=1S/C15H23FN2/c1-4-15(13-5-7-14(16)8-6-13)18-9-11(2)17-12(3)10-18/h5-8,11-12,15,17H,4,9-10H2,1-3H3. The third-order valence-corrected chi connectivity index (χ3v) is 3.67. The van der Waals surface area contributed by atoms with Crippen LogP contribution in [0.15, 0.2) is 24.3 Å². The first-order valence-electron chi connectivity index (χ1n) is 6.85. The van der Waals surface area contributed by atoms with Gasteiger partial charge < -0.3 is 5.32 Å². The van der Waals surface area contributed by atoms with E-state index in [1.807, 2.05) is 12.1 Å². The van der Waals surface area contributed by atoms with Gasteiger partial charge in [-0.1, -0.05) is 19.1 Å². The fourth-order valence-corrected chi connectivity index (χ4v) is 3.01. The lowest BCUT2D eigenvalue weighted by molar-refractivity contribution is 0.119. The molecule has 2 rings (SSSR count). The van der Waals surface area contributed by atoms with Gasteiger partial charge >= 0.3 is 0 Å². The van der Waals surface area contributed by atoms with Crippen LogP contribution in [0.5, 0.6) is 0 Å². The lowest BCUT2D eigenvalue weighted by Crippen LogP contribution is -2.54. The van der Waals surface area contributed by atoms with Gasteiger partial charge in [0.05, 0.1) is 0 Å². The molecule has 1 aromatic rings. The Bertz CT molecular complexity index is 367. The van der Waals surface area contributed by atoms with Crippen molar-refractivity contribution in [3.63, 3.8) is 0 Å². The van der Waals surface area contributed by atoms with E-state index in [0.29, 0.717) is 18.1 Å². The topological polar surface area (TPSA) is 15.3 Å². The maximum atomic E-state index is 13.0. The second kappa shape index (κ2) is 5.81. The summed E-state index contributed by atoms with van der Waals surface area (Å²) in [4.78, 5) is 2.51. The van der Waals surface area contributed by atoms with Crippen LogP contribution in [-0.4, -0.2) is 30.1 Å². The van der Waals surface area contributed by atoms with Crippen molar-refractivity contribution < 1.29 is 4.39 Å². The predicted molar refractivity (Wildman–Crippen MR) is 73.1 cm³/mol. The van der Waals surface area contributed by atoms with Crippen LogP contribution in [0.25, 0.3) is 0 Å². The minimum absolute atomic E-state index is 0.157. The monoisotopic (exact) mass is 250 g/mol. The normalized spacial score (nSPS) is 27.1. The van der Waals surface area contributed by atoms with E-state index in [0.717, 1.165) is 19.5 Å². The van der Waals surface area contributed by atoms with E-state index in [9.17, 15) is 4.39 Å². The molecule has 1 aliphatic heterocycles. The van der Waals surface area contributed by atoms with E-state index in [1.165, 1.54) is 5.56 Å². The summed E-state index contributed by atoms with van der Waals surface area (Å²) in [5.41, 5.74) is 1.22. The second-order valence-electron chi connectivity index (χ2n) is 5.40. The summed E-state index contributed by atoms with van der Waals surface area (Å²) in [6.07, 6.45) is 1.06. The molecule has 0 bridgehead atoms. The van der Waals surface area contributed by atoms with E-state index >= 15 is 0 Å². The van der Waals surface area contributed by atoms with Crippen molar-refractivity contribution in [1.29, 1.82) is 0 Å². The molecule has 1 fully saturated rings. The van der Waals surface area contributed by atoms with Crippen molar-refractivity contribution in [2.45, 2.75) is 45.3 Å². The molecule has 18 heavy (non-hydrogen) atoms. The molecule has 3 atom stereocenters. The molecule has 0 aliphatic carbocycles. The van der Waals surface area contributed by atoms with Gasteiger partial charge in [-0.15, -0.1) is 0 Å². The minimum Gasteiger partial charge on any atom is -0.309 e. The van der Waals surface area contributed by atoms with Crippen molar-refractivity contribution >= 4 is 0 Å². The molecule has 3 unspecified atom stereocenters. The van der Waals surface area contributed by atoms with Gasteiger partial charge in [0, 0.05) is 31.2 Å². The van der Waals surface area contributed by atoms with Gasteiger partial charge in [0.25, 0.3) is 0 Å². The predicted octanol–water partition coefficient (Wildman–Crippen LogP) is 2.96. The highest BCUT2D eigenvalue weighted by atomic mass is 19.1. The quantitative estimate of drug-likeness (QED) is 0.887. The molecular weight excluding hydrogens is 227 g/mol. The Kier molecular flexibility index (Phi) is 4.36. The molecule has 0 amide bonds. The summed E-state index contributed by atoms with van der Waals surface area (Å²) in [6, 6.07) is 8.39. The number of nitrogens with one attached hydrogen (secondary N) is 1. The number of piperazine rings is 1. The minimum atomic E-state index is -0.157. The highest BCUT2D eigenvalue weighted by Crippen LogP contribution is 2.26. The van der Waals surface area contributed by atoms with Crippen molar-refractivity contribution in [1.82, 2.24) is 10.2 Å². The Morgan fingerprint density at radius 3 is 2.28 bits per heavy atom. The molecule has 1 N–H and O–H groups in total. The highest BCUT2D eigenvalue weighted by Gasteiger charge is 2.26. The molecule has 1 heterocycles. The lowest BCUT2D eigenvalue weighted by atomic mass is 10.00. The van der Waals surface area contributed by atoms with Crippen LogP contribution in [0.4, 0.5) is 4.39 Å². The maximum absolute atomic E-state index is 13.0. The number of halogens is 1. The third kappa shape index (κ3) is 3.09. The van der Waals surface area contributed by atoms with E-state index in [-0.39, 0.29) is 5.82 Å². The average Bonchev–Trinajstić information content (AvgIpc) is 2.31. The summed E-state index contributed by atoms with van der Waals surface area (Å²) < 4.78 is 13.0. The van der Waals surface area contributed by atoms with Crippen molar-refractivity contribution in [3.8, 4) is 0 Å². The van der Waals surface area contributed by atoms with Crippen LogP contribution < -0.4 is 5.32 Å². The second-order valence-corrected chi connectivity index (χ2v) is 5.40. The van der Waals surface area contributed by atoms with Crippen LogP contribution in [0.2, 0.25) is 0 Å². The molecule has 2 nitrogen and oxygen atoms in total. The van der Waals surface area contributed by atoms with E-state index in [4.69, 9.17) is 0 Å². The molecule has 1 saturated heterocycles. The van der Waals surface area contributed by atoms with Crippen molar-refractivity contribution in [2.75, 3.05) is 13.1 Å². The number of nitrogens with zero attached hydrogens (tertiary/aromatic N) is 1. The summed E-state index contributed by atoms with van der Waals surface area (Å²) in [6.45, 7) is 8.76. The largest absolute Gasteiger partial charge is 0.309 e. The first-order valence-corrected chi connectivity index (χ1v) is 6.85. The first kappa shape index (κ1) is 13.5. The van der Waals surface area contributed by atoms with Crippen LogP contribution >= 0.6 is 0 Å². The molecule has 0 radical (unpaired) electrons. The molecule has 100 valence electrons. The van der Waals surface area contributed by atoms with E-state index in [1.54, 1.807) is 12.1 Å². The van der Waals surface area contributed by atoms with Gasteiger partial charge in [0.15, 0.2) is 0 Å². The SMILES string of the molecule is CCC(c1ccc(F)cc1)N1CC(C)NC(C)C1. The summed E-state index contributed by atoms with van der Waals surface area (Å²) in [7, 11) is 0. The molecule has 0 aromatic heterocycles. The summed E-state index contributed by atoms with van der Waals surface area (Å²) >= 11 is 0. The van der Waals surface area contributed by atoms with E-state index in [2.05, 4.69) is 31.0 Å². The number of hydrogen-bond donors (Lipinski definition) is 1. The van der Waals surface area contributed by atoms with Crippen molar-refractivity contribution in [3.05, 3.63) is 35.6 Å². The van der Waals surface area contributed by atoms with Crippen LogP contribution in [0.3, 0.4) is 0 Å². The number of hydrogen-bond acceptors (Lipinski definition) is 2. The lowest BCUT2D eigenvalue weighted by Gasteiger charge is -2.41. The van der Waals surface area contributed by atoms with Gasteiger partial charge in [-0.05, 0) is 38.0 Å². The molecule has 0 saturated carbocycles. The van der Waals surface area contributed by atoms with Crippen LogP contribution in [0.1, 0.15) is 38.8 Å². The van der Waals surface area contributed by atoms with E-state index < -0.39 is 0 Å². The molecule has 3 heteroatoms. The zero-order chi connectivity index (χ0) is 13.1. The smallest absolute Gasteiger partial charge is 0.123 e. The Hall–Kier alpha value is -0.930. The van der Waals surface area contributed by atoms with Gasteiger partial charge in [0.1, 0.15) is 5.82 Å². The number of benzene rings is 1. The summed E-state index contributed by atoms with van der Waals surface area (Å²) in [5, 5.41) is 3.55. The fourth-order valence-electron chi connectivity index (χ4n) is 3.01. The van der Waals surface area contributed by atoms with Gasteiger partial charge in [-0.3, -0.25) is 4.90 Å². The Morgan fingerprint density at radius 2 is 1.78 bits per heavy atom. The fraction of sp³-hybridized carbons (Fsp3) is 0.600. The van der Waals surface area contributed by atoms with Gasteiger partial charge in [-0.25, -0.2) is 4.39 Å². The van der Waals surface area contributed by atoms with Gasteiger partial charge in [-0.2, -0.15) is 0 Å². The Balaban J connectivity index is 2.14. The van der Waals surface area contributed by atoms with Crippen LogP contribution in [0, 0.1) is 5.82 Å². The zero-order valence-corrected chi connectivity index (χ0v) is 11.5. The average molecular weight is 250 g/mol. The Morgan fingerprint density at radius 1 is 1.22 bits per heavy atom. The summed E-state index contributed by atoms with van der Waals surface area (Å²) in [5.74, 6) is -0.157. The molecule has 0 spiro atoms. The van der Waals surface area contributed by atoms with Crippen LogP contribution in [-0.2, 0) is 0 Å². The first-order chi connectivity index (χ1) is 8.60. The number of rotatable bonds is 3. The third-order valence-electron chi connectivity index (χ3n) is 3.67. The molecule has 1 aromatic carbocycles. The van der Waals surface area contributed by atoms with Gasteiger partial charge in [0.2, 0.25) is 0 Å². The molecular formula is C15H23FN2. The van der Waals surface area contributed by atoms with Crippen molar-refractivity contribution in [2.24, 2.45) is 0 Å². The maximum Gasteiger partial charge on any atom is 0.123 e. The molecule has 1 aliphatic rings. The highest BCUT2D eigenvalue weighted by molar-refractivity contribution is 5.20.